The second-order valence-electron chi connectivity index (χ2n) is 5.11. The van der Waals surface area contributed by atoms with E-state index in [-0.39, 0.29) is 23.8 Å². The van der Waals surface area contributed by atoms with Gasteiger partial charge < -0.3 is 15.0 Å². The lowest BCUT2D eigenvalue weighted by Gasteiger charge is -2.09. The van der Waals surface area contributed by atoms with E-state index in [1.807, 2.05) is 38.1 Å². The largest absolute Gasteiger partial charge is 0.392 e. The van der Waals surface area contributed by atoms with Crippen LogP contribution in [0.2, 0.25) is 0 Å². The minimum Gasteiger partial charge on any atom is -0.392 e. The number of aliphatic hydroxyl groups excluding tert-OH is 1. The van der Waals surface area contributed by atoms with Gasteiger partial charge in [-0.25, -0.2) is 0 Å². The van der Waals surface area contributed by atoms with Gasteiger partial charge in [-0.3, -0.25) is 9.59 Å². The van der Waals surface area contributed by atoms with Gasteiger partial charge in [0.1, 0.15) is 0 Å². The number of thiazole rings is 1. The summed E-state index contributed by atoms with van der Waals surface area (Å²) in [6, 6.07) is 7.43. The van der Waals surface area contributed by atoms with E-state index in [2.05, 4.69) is 5.32 Å². The minimum absolute atomic E-state index is 0.0200. The molecule has 0 aliphatic rings. The Morgan fingerprint density at radius 1 is 1.27 bits per heavy atom. The van der Waals surface area contributed by atoms with Crippen molar-refractivity contribution in [2.24, 2.45) is 0 Å². The maximum Gasteiger partial charge on any atom is 0.307 e. The third-order valence-electron chi connectivity index (χ3n) is 3.70. The number of nitrogens with one attached hydrogen (secondary N) is 1. The summed E-state index contributed by atoms with van der Waals surface area (Å²) in [7, 11) is 0. The lowest BCUT2D eigenvalue weighted by atomic mass is 10.1. The molecule has 1 aromatic carbocycles. The monoisotopic (exact) mass is 320 g/mol. The quantitative estimate of drug-likeness (QED) is 0.851. The van der Waals surface area contributed by atoms with Crippen molar-refractivity contribution in [1.29, 1.82) is 0 Å². The zero-order chi connectivity index (χ0) is 16.1. The van der Waals surface area contributed by atoms with E-state index in [4.69, 9.17) is 0 Å². The Morgan fingerprint density at radius 2 is 1.95 bits per heavy atom. The van der Waals surface area contributed by atoms with Crippen molar-refractivity contribution in [1.82, 2.24) is 9.88 Å². The number of hydrogen-bond donors (Lipinski definition) is 2. The fourth-order valence-electron chi connectivity index (χ4n) is 2.23. The molecular weight excluding hydrogens is 300 g/mol. The molecule has 1 aromatic heterocycles. The van der Waals surface area contributed by atoms with E-state index in [0.717, 1.165) is 21.7 Å². The van der Waals surface area contributed by atoms with E-state index in [0.29, 0.717) is 13.1 Å². The molecule has 1 amide bonds. The Hall–Kier alpha value is -1.92. The van der Waals surface area contributed by atoms with Gasteiger partial charge in [0.15, 0.2) is 0 Å². The first-order valence-corrected chi connectivity index (χ1v) is 7.95. The predicted molar refractivity (Wildman–Crippen MR) is 86.9 cm³/mol. The van der Waals surface area contributed by atoms with Gasteiger partial charge in [-0.15, -0.1) is 0 Å². The second kappa shape index (κ2) is 7.38. The average molecular weight is 320 g/mol. The first-order valence-electron chi connectivity index (χ1n) is 7.14. The molecule has 0 bridgehead atoms. The van der Waals surface area contributed by atoms with Crippen LogP contribution in [0, 0.1) is 13.8 Å². The lowest BCUT2D eigenvalue weighted by Crippen LogP contribution is -2.26. The van der Waals surface area contributed by atoms with Gasteiger partial charge in [0.2, 0.25) is 5.91 Å². The molecule has 5 nitrogen and oxygen atoms in total. The Morgan fingerprint density at radius 3 is 2.55 bits per heavy atom. The number of carbonyl (C=O) groups is 1. The van der Waals surface area contributed by atoms with Gasteiger partial charge in [0.25, 0.3) is 0 Å². The summed E-state index contributed by atoms with van der Waals surface area (Å²) in [5, 5.41) is 12.1. The molecule has 6 heteroatoms. The molecule has 2 N–H and O–H groups in total. The molecule has 0 saturated heterocycles. The summed E-state index contributed by atoms with van der Waals surface area (Å²) in [6.07, 6.45) is 0.262. The predicted octanol–water partition coefficient (Wildman–Crippen LogP) is 1.73. The van der Waals surface area contributed by atoms with E-state index in [1.54, 1.807) is 4.57 Å². The molecule has 2 aromatic rings. The van der Waals surface area contributed by atoms with Crippen molar-refractivity contribution in [3.63, 3.8) is 0 Å². The molecule has 0 spiro atoms. The molecule has 0 aliphatic carbocycles. The highest BCUT2D eigenvalue weighted by molar-refractivity contribution is 7.09. The fraction of sp³-hybridized carbons (Fsp3) is 0.375. The topological polar surface area (TPSA) is 71.3 Å². The fourth-order valence-corrected chi connectivity index (χ4v) is 3.08. The molecule has 2 rings (SSSR count). The van der Waals surface area contributed by atoms with Crippen LogP contribution in [0.3, 0.4) is 0 Å². The van der Waals surface area contributed by atoms with Crippen molar-refractivity contribution >= 4 is 17.2 Å². The zero-order valence-corrected chi connectivity index (χ0v) is 13.6. The highest BCUT2D eigenvalue weighted by atomic mass is 32.1. The summed E-state index contributed by atoms with van der Waals surface area (Å²) in [5.41, 5.74) is 2.63. The van der Waals surface area contributed by atoms with Gasteiger partial charge in [0, 0.05) is 30.1 Å². The van der Waals surface area contributed by atoms with E-state index >= 15 is 0 Å². The Balaban J connectivity index is 1.90. The van der Waals surface area contributed by atoms with Crippen molar-refractivity contribution < 1.29 is 9.90 Å². The van der Waals surface area contributed by atoms with Crippen molar-refractivity contribution in [2.75, 3.05) is 0 Å². The molecule has 0 radical (unpaired) electrons. The van der Waals surface area contributed by atoms with Crippen molar-refractivity contribution in [3.05, 3.63) is 55.6 Å². The van der Waals surface area contributed by atoms with Gasteiger partial charge >= 0.3 is 4.87 Å². The van der Waals surface area contributed by atoms with Gasteiger partial charge in [-0.1, -0.05) is 35.6 Å². The number of rotatable bonds is 6. The first-order chi connectivity index (χ1) is 10.5. The van der Waals surface area contributed by atoms with Crippen LogP contribution in [0.4, 0.5) is 0 Å². The van der Waals surface area contributed by atoms with Crippen LogP contribution in [0.15, 0.2) is 29.1 Å². The van der Waals surface area contributed by atoms with Crippen LogP contribution < -0.4 is 10.2 Å². The number of hydrogen-bond acceptors (Lipinski definition) is 4. The number of amides is 1. The molecule has 0 atom stereocenters. The zero-order valence-electron chi connectivity index (χ0n) is 12.8. The summed E-state index contributed by atoms with van der Waals surface area (Å²) < 4.78 is 1.64. The molecule has 0 aliphatic heterocycles. The van der Waals surface area contributed by atoms with Crippen LogP contribution in [-0.4, -0.2) is 15.6 Å². The lowest BCUT2D eigenvalue weighted by molar-refractivity contribution is -0.121. The molecule has 0 unspecified atom stereocenters. The number of nitrogens with zero attached hydrogens (tertiary/aromatic N) is 1. The van der Waals surface area contributed by atoms with E-state index in [9.17, 15) is 14.7 Å². The highest BCUT2D eigenvalue weighted by Gasteiger charge is 2.10. The average Bonchev–Trinajstić information content (AvgIpc) is 2.76. The molecule has 22 heavy (non-hydrogen) atoms. The summed E-state index contributed by atoms with van der Waals surface area (Å²) >= 11 is 1.21. The van der Waals surface area contributed by atoms with Crippen molar-refractivity contribution in [3.8, 4) is 0 Å². The smallest absolute Gasteiger partial charge is 0.307 e. The standard InChI is InChI=1S/C16H20N2O3S/c1-11-12(2)22-16(21)18(11)8-7-15(20)17-9-13-5-3-4-6-14(13)10-19/h3-6,19H,7-10H2,1-2H3,(H,17,20). The first kappa shape index (κ1) is 16.5. The van der Waals surface area contributed by atoms with Crippen LogP contribution in [0.1, 0.15) is 28.1 Å². The third-order valence-corrected chi connectivity index (χ3v) is 4.70. The molecule has 1 heterocycles. The van der Waals surface area contributed by atoms with Crippen LogP contribution in [0.25, 0.3) is 0 Å². The third kappa shape index (κ3) is 3.84. The van der Waals surface area contributed by atoms with Gasteiger partial charge in [0.05, 0.1) is 6.61 Å². The normalized spacial score (nSPS) is 10.7. The van der Waals surface area contributed by atoms with E-state index < -0.39 is 0 Å². The molecule has 0 fully saturated rings. The Bertz CT molecular complexity index is 718. The number of aliphatic hydroxyl groups is 1. The second-order valence-corrected chi connectivity index (χ2v) is 6.28. The Kier molecular flexibility index (Phi) is 5.51. The summed E-state index contributed by atoms with van der Waals surface area (Å²) in [6.45, 7) is 4.52. The van der Waals surface area contributed by atoms with Crippen LogP contribution in [-0.2, 0) is 24.5 Å². The number of aromatic nitrogens is 1. The minimum atomic E-state index is -0.108. The van der Waals surface area contributed by atoms with Crippen LogP contribution >= 0.6 is 11.3 Å². The SMILES string of the molecule is Cc1sc(=O)n(CCC(=O)NCc2ccccc2CO)c1C. The number of benzene rings is 1. The molecular formula is C16H20N2O3S. The van der Waals surface area contributed by atoms with Crippen molar-refractivity contribution in [2.45, 2.75) is 40.0 Å². The maximum absolute atomic E-state index is 11.9. The van der Waals surface area contributed by atoms with Gasteiger partial charge in [-0.05, 0) is 25.0 Å². The van der Waals surface area contributed by atoms with E-state index in [1.165, 1.54) is 11.3 Å². The van der Waals surface area contributed by atoms with Gasteiger partial charge in [-0.2, -0.15) is 0 Å². The summed E-state index contributed by atoms with van der Waals surface area (Å²) in [5.74, 6) is -0.108. The molecule has 0 saturated carbocycles. The molecule has 118 valence electrons. The maximum atomic E-state index is 11.9. The number of aryl methyl sites for hydroxylation is 1. The number of carbonyl (C=O) groups excluding carboxylic acids is 1. The van der Waals surface area contributed by atoms with Crippen LogP contribution in [0.5, 0.6) is 0 Å². The highest BCUT2D eigenvalue weighted by Crippen LogP contribution is 2.10. The Labute approximate surface area is 133 Å². The summed E-state index contributed by atoms with van der Waals surface area (Å²) in [4.78, 5) is 24.7.